The third-order valence-corrected chi connectivity index (χ3v) is 5.75. The van der Waals surface area contributed by atoms with Gasteiger partial charge in [0.25, 0.3) is 0 Å². The first-order valence-electron chi connectivity index (χ1n) is 10.4. The maximum Gasteiger partial charge on any atom is 0.237 e. The lowest BCUT2D eigenvalue weighted by Gasteiger charge is -2.33. The number of rotatable bonds is 7. The molecule has 2 fully saturated rings. The second-order valence-electron chi connectivity index (χ2n) is 7.66. The Balaban J connectivity index is 1.52. The number of nitrogens with one attached hydrogen (secondary N) is 2. The van der Waals surface area contributed by atoms with Crippen LogP contribution in [0.4, 0.5) is 0 Å². The summed E-state index contributed by atoms with van der Waals surface area (Å²) >= 11 is 0. The van der Waals surface area contributed by atoms with Crippen molar-refractivity contribution in [2.24, 2.45) is 5.92 Å². The first kappa shape index (κ1) is 19.9. The van der Waals surface area contributed by atoms with Gasteiger partial charge in [-0.05, 0) is 44.6 Å². The fraction of sp³-hybridized carbons (Fsp3) is 0.750. The maximum atomic E-state index is 12.9. The van der Waals surface area contributed by atoms with Crippen LogP contribution in [0.3, 0.4) is 0 Å². The van der Waals surface area contributed by atoms with Gasteiger partial charge in [0.05, 0.1) is 18.2 Å². The summed E-state index contributed by atoms with van der Waals surface area (Å²) in [7, 11) is 0. The molecule has 0 spiro atoms. The number of aromatic nitrogens is 1. The topological polar surface area (TPSA) is 87.5 Å². The molecule has 0 radical (unpaired) electrons. The van der Waals surface area contributed by atoms with Crippen molar-refractivity contribution in [2.45, 2.75) is 64.8 Å². The van der Waals surface area contributed by atoms with Crippen LogP contribution in [0.15, 0.2) is 4.52 Å². The molecule has 1 aromatic rings. The SMILES string of the molecule is CCc1noc(CC)c1CC(=O)N1CCCC(CNC(=O)C2CCCN2)C1. The molecule has 2 atom stereocenters. The Kier molecular flexibility index (Phi) is 6.88. The van der Waals surface area contributed by atoms with Crippen LogP contribution in [0.1, 0.15) is 56.5 Å². The van der Waals surface area contributed by atoms with E-state index in [0.717, 1.165) is 68.6 Å². The normalized spacial score (nSPS) is 22.8. The van der Waals surface area contributed by atoms with Crippen molar-refractivity contribution in [3.8, 4) is 0 Å². The van der Waals surface area contributed by atoms with Gasteiger partial charge >= 0.3 is 0 Å². The number of piperidine rings is 1. The van der Waals surface area contributed by atoms with Gasteiger partial charge in [0, 0.05) is 31.6 Å². The summed E-state index contributed by atoms with van der Waals surface area (Å²) in [6, 6.07) is -0.0418. The zero-order valence-electron chi connectivity index (χ0n) is 16.6. The second-order valence-corrected chi connectivity index (χ2v) is 7.66. The minimum atomic E-state index is -0.0418. The Hall–Kier alpha value is -1.89. The standard InChI is InChI=1S/C20H32N4O3/c1-3-16-15(18(4-2)27-23-16)11-19(25)24-10-6-7-14(13-24)12-22-20(26)17-8-5-9-21-17/h14,17,21H,3-13H2,1-2H3,(H,22,26). The highest BCUT2D eigenvalue weighted by molar-refractivity contribution is 5.82. The quantitative estimate of drug-likeness (QED) is 0.752. The number of carbonyl (C=O) groups excluding carboxylic acids is 2. The summed E-state index contributed by atoms with van der Waals surface area (Å²) in [5.41, 5.74) is 1.86. The molecule has 27 heavy (non-hydrogen) atoms. The van der Waals surface area contributed by atoms with E-state index in [2.05, 4.69) is 15.8 Å². The summed E-state index contributed by atoms with van der Waals surface area (Å²) in [5, 5.41) is 10.4. The lowest BCUT2D eigenvalue weighted by Crippen LogP contribution is -2.47. The average Bonchev–Trinajstić information content (AvgIpc) is 3.36. The number of likely N-dealkylation sites (tertiary alicyclic amines) is 1. The molecule has 2 unspecified atom stereocenters. The van der Waals surface area contributed by atoms with Crippen LogP contribution >= 0.6 is 0 Å². The van der Waals surface area contributed by atoms with E-state index in [9.17, 15) is 9.59 Å². The van der Waals surface area contributed by atoms with Gasteiger partial charge in [0.1, 0.15) is 5.76 Å². The van der Waals surface area contributed by atoms with Gasteiger partial charge in [-0.1, -0.05) is 19.0 Å². The van der Waals surface area contributed by atoms with Crippen molar-refractivity contribution in [1.29, 1.82) is 0 Å². The summed E-state index contributed by atoms with van der Waals surface area (Å²) < 4.78 is 5.38. The Morgan fingerprint density at radius 2 is 2.11 bits per heavy atom. The molecule has 0 bridgehead atoms. The molecular formula is C20H32N4O3. The lowest BCUT2D eigenvalue weighted by molar-refractivity contribution is -0.132. The molecule has 2 saturated heterocycles. The van der Waals surface area contributed by atoms with E-state index in [0.29, 0.717) is 25.4 Å². The van der Waals surface area contributed by atoms with E-state index in [-0.39, 0.29) is 17.9 Å². The number of hydrogen-bond acceptors (Lipinski definition) is 5. The maximum absolute atomic E-state index is 12.9. The molecule has 7 heteroatoms. The van der Waals surface area contributed by atoms with Crippen molar-refractivity contribution in [2.75, 3.05) is 26.2 Å². The Morgan fingerprint density at radius 3 is 2.81 bits per heavy atom. The fourth-order valence-corrected chi connectivity index (χ4v) is 4.14. The van der Waals surface area contributed by atoms with Gasteiger partial charge in [-0.2, -0.15) is 0 Å². The molecule has 0 saturated carbocycles. The summed E-state index contributed by atoms with van der Waals surface area (Å²) in [6.07, 6.45) is 5.90. The molecule has 3 rings (SSSR count). The largest absolute Gasteiger partial charge is 0.361 e. The van der Waals surface area contributed by atoms with Crippen LogP contribution in [-0.4, -0.2) is 54.1 Å². The van der Waals surface area contributed by atoms with Gasteiger partial charge < -0.3 is 20.1 Å². The van der Waals surface area contributed by atoms with Crippen molar-refractivity contribution >= 4 is 11.8 Å². The van der Waals surface area contributed by atoms with Crippen molar-refractivity contribution in [3.05, 3.63) is 17.0 Å². The van der Waals surface area contributed by atoms with E-state index in [1.54, 1.807) is 0 Å². The zero-order valence-corrected chi connectivity index (χ0v) is 16.6. The highest BCUT2D eigenvalue weighted by atomic mass is 16.5. The van der Waals surface area contributed by atoms with Crippen LogP contribution in [0, 0.1) is 5.92 Å². The molecular weight excluding hydrogens is 344 g/mol. The van der Waals surface area contributed by atoms with Gasteiger partial charge in [-0.3, -0.25) is 9.59 Å². The number of carbonyl (C=O) groups is 2. The molecule has 3 heterocycles. The predicted molar refractivity (Wildman–Crippen MR) is 102 cm³/mol. The minimum Gasteiger partial charge on any atom is -0.361 e. The first-order chi connectivity index (χ1) is 13.1. The fourth-order valence-electron chi connectivity index (χ4n) is 4.14. The van der Waals surface area contributed by atoms with E-state index >= 15 is 0 Å². The molecule has 2 amide bonds. The van der Waals surface area contributed by atoms with Gasteiger partial charge in [-0.25, -0.2) is 0 Å². The molecule has 2 N–H and O–H groups in total. The average molecular weight is 377 g/mol. The molecule has 150 valence electrons. The number of nitrogens with zero attached hydrogens (tertiary/aromatic N) is 2. The third kappa shape index (κ3) is 4.89. The van der Waals surface area contributed by atoms with Crippen LogP contribution in [0.5, 0.6) is 0 Å². The third-order valence-electron chi connectivity index (χ3n) is 5.75. The highest BCUT2D eigenvalue weighted by Crippen LogP contribution is 2.21. The van der Waals surface area contributed by atoms with Crippen molar-refractivity contribution in [1.82, 2.24) is 20.7 Å². The van der Waals surface area contributed by atoms with Gasteiger partial charge in [0.2, 0.25) is 11.8 Å². The highest BCUT2D eigenvalue weighted by Gasteiger charge is 2.27. The summed E-state index contributed by atoms with van der Waals surface area (Å²) in [4.78, 5) is 27.0. The van der Waals surface area contributed by atoms with Gasteiger partial charge in [-0.15, -0.1) is 0 Å². The Labute approximate surface area is 161 Å². The Bertz CT molecular complexity index is 630. The van der Waals surface area contributed by atoms with Crippen LogP contribution in [0.2, 0.25) is 0 Å². The number of aryl methyl sites for hydroxylation is 2. The van der Waals surface area contributed by atoms with E-state index in [1.807, 2.05) is 18.7 Å². The number of amides is 2. The van der Waals surface area contributed by atoms with E-state index in [1.165, 1.54) is 0 Å². The van der Waals surface area contributed by atoms with Crippen LogP contribution in [0.25, 0.3) is 0 Å². The number of hydrogen-bond donors (Lipinski definition) is 2. The first-order valence-corrected chi connectivity index (χ1v) is 10.4. The second kappa shape index (κ2) is 9.35. The lowest BCUT2D eigenvalue weighted by atomic mass is 9.96. The molecule has 2 aliphatic rings. The molecule has 0 aromatic carbocycles. The summed E-state index contributed by atoms with van der Waals surface area (Å²) in [5.74, 6) is 1.38. The van der Waals surface area contributed by atoms with E-state index < -0.39 is 0 Å². The molecule has 1 aromatic heterocycles. The smallest absolute Gasteiger partial charge is 0.237 e. The molecule has 2 aliphatic heterocycles. The summed E-state index contributed by atoms with van der Waals surface area (Å²) in [6.45, 7) is 7.13. The molecule has 7 nitrogen and oxygen atoms in total. The predicted octanol–water partition coefficient (Wildman–Crippen LogP) is 1.45. The van der Waals surface area contributed by atoms with Crippen molar-refractivity contribution in [3.63, 3.8) is 0 Å². The van der Waals surface area contributed by atoms with Crippen molar-refractivity contribution < 1.29 is 14.1 Å². The zero-order chi connectivity index (χ0) is 19.2. The van der Waals surface area contributed by atoms with Gasteiger partial charge in [0.15, 0.2) is 0 Å². The van der Waals surface area contributed by atoms with Crippen LogP contribution in [-0.2, 0) is 28.9 Å². The molecule has 0 aliphatic carbocycles. The van der Waals surface area contributed by atoms with E-state index in [4.69, 9.17) is 4.52 Å². The minimum absolute atomic E-state index is 0.0418. The monoisotopic (exact) mass is 376 g/mol. The Morgan fingerprint density at radius 1 is 1.26 bits per heavy atom. The van der Waals surface area contributed by atoms with Crippen LogP contribution < -0.4 is 10.6 Å².